The molecule has 0 N–H and O–H groups in total. The predicted molar refractivity (Wildman–Crippen MR) is 62.8 cm³/mol. The minimum absolute atomic E-state index is 0.0579. The van der Waals surface area contributed by atoms with Crippen LogP contribution in [0.1, 0.15) is 5.56 Å². The van der Waals surface area contributed by atoms with Gasteiger partial charge in [0.2, 0.25) is 11.1 Å². The van der Waals surface area contributed by atoms with Crippen LogP contribution in [0, 0.1) is 5.82 Å². The van der Waals surface area contributed by atoms with Gasteiger partial charge >= 0.3 is 0 Å². The molecule has 1 aromatic heterocycles. The van der Waals surface area contributed by atoms with Gasteiger partial charge in [0.15, 0.2) is 0 Å². The van der Waals surface area contributed by atoms with E-state index in [0.29, 0.717) is 5.02 Å². The van der Waals surface area contributed by atoms with Crippen molar-refractivity contribution in [1.29, 1.82) is 0 Å². The molecule has 0 unspecified atom stereocenters. The molecule has 0 spiro atoms. The molecule has 0 aliphatic rings. The Morgan fingerprint density at radius 1 is 1.18 bits per heavy atom. The second kappa shape index (κ2) is 5.29. The second-order valence-corrected chi connectivity index (χ2v) is 3.98. The number of benzene rings is 1. The Balaban J connectivity index is 2.07. The Morgan fingerprint density at radius 2 is 1.88 bits per heavy atom. The van der Waals surface area contributed by atoms with Crippen molar-refractivity contribution < 1.29 is 9.13 Å². The Kier molecular flexibility index (Phi) is 3.76. The second-order valence-electron chi connectivity index (χ2n) is 3.21. The van der Waals surface area contributed by atoms with Gasteiger partial charge in [-0.05, 0) is 29.3 Å². The van der Waals surface area contributed by atoms with Crippen LogP contribution in [-0.2, 0) is 6.61 Å². The Labute approximate surface area is 107 Å². The van der Waals surface area contributed by atoms with Crippen molar-refractivity contribution in [2.45, 2.75) is 6.61 Å². The Bertz CT molecular complexity index is 519. The van der Waals surface area contributed by atoms with Gasteiger partial charge < -0.3 is 4.74 Å². The minimum Gasteiger partial charge on any atom is -0.471 e. The fraction of sp³-hybridized carbons (Fsp3) is 0.0909. The zero-order valence-corrected chi connectivity index (χ0v) is 10.0. The average Bonchev–Trinajstić information content (AvgIpc) is 2.32. The molecule has 0 atom stereocenters. The van der Waals surface area contributed by atoms with Crippen molar-refractivity contribution in [3.8, 4) is 5.88 Å². The van der Waals surface area contributed by atoms with E-state index < -0.39 is 5.82 Å². The summed E-state index contributed by atoms with van der Waals surface area (Å²) in [5, 5.41) is 0.572. The summed E-state index contributed by atoms with van der Waals surface area (Å²) in [6, 6.07) is 7.01. The molecule has 0 amide bonds. The molecule has 2 rings (SSSR count). The van der Waals surface area contributed by atoms with E-state index in [1.54, 1.807) is 24.3 Å². The lowest BCUT2D eigenvalue weighted by Gasteiger charge is -2.06. The van der Waals surface area contributed by atoms with Gasteiger partial charge in [0, 0.05) is 5.02 Å². The van der Waals surface area contributed by atoms with Crippen molar-refractivity contribution in [1.82, 2.24) is 9.97 Å². The molecule has 1 aromatic carbocycles. The lowest BCUT2D eigenvalue weighted by atomic mass is 10.2. The summed E-state index contributed by atoms with van der Waals surface area (Å²) in [5.41, 5.74) is 0.850. The van der Waals surface area contributed by atoms with E-state index in [0.717, 1.165) is 11.8 Å². The molecular formula is C11H7Cl2FN2O. The van der Waals surface area contributed by atoms with Crippen LogP contribution in [-0.4, -0.2) is 9.97 Å². The van der Waals surface area contributed by atoms with Gasteiger partial charge in [-0.15, -0.1) is 0 Å². The molecule has 0 aliphatic carbocycles. The maximum absolute atomic E-state index is 13.2. The van der Waals surface area contributed by atoms with Crippen molar-refractivity contribution in [2.24, 2.45) is 0 Å². The van der Waals surface area contributed by atoms with Gasteiger partial charge in [0.1, 0.15) is 6.61 Å². The molecule has 88 valence electrons. The van der Waals surface area contributed by atoms with E-state index in [4.69, 9.17) is 27.9 Å². The van der Waals surface area contributed by atoms with Crippen LogP contribution in [0.25, 0.3) is 0 Å². The highest BCUT2D eigenvalue weighted by atomic mass is 35.5. The molecule has 0 saturated carbocycles. The van der Waals surface area contributed by atoms with Crippen LogP contribution >= 0.6 is 23.2 Å². The topological polar surface area (TPSA) is 35.0 Å². The van der Waals surface area contributed by atoms with Crippen LogP contribution in [0.4, 0.5) is 4.39 Å². The van der Waals surface area contributed by atoms with E-state index in [9.17, 15) is 4.39 Å². The summed E-state index contributed by atoms with van der Waals surface area (Å²) >= 11 is 11.3. The maximum Gasteiger partial charge on any atom is 0.255 e. The predicted octanol–water partition coefficient (Wildman–Crippen LogP) is 3.50. The number of aromatic nitrogens is 2. The van der Waals surface area contributed by atoms with Crippen LogP contribution in [0.3, 0.4) is 0 Å². The lowest BCUT2D eigenvalue weighted by Crippen LogP contribution is -2.00. The first-order valence-corrected chi connectivity index (χ1v) is 5.46. The first-order chi connectivity index (χ1) is 8.15. The lowest BCUT2D eigenvalue weighted by molar-refractivity contribution is 0.276. The van der Waals surface area contributed by atoms with Gasteiger partial charge in [-0.25, -0.2) is 4.98 Å². The molecule has 2 aromatic rings. The molecular weight excluding hydrogens is 266 g/mol. The van der Waals surface area contributed by atoms with Gasteiger partial charge in [-0.1, -0.05) is 23.7 Å². The number of hydrogen-bond donors (Lipinski definition) is 0. The fourth-order valence-corrected chi connectivity index (χ4v) is 1.42. The normalized spacial score (nSPS) is 10.3. The Hall–Kier alpha value is -1.39. The molecule has 0 aliphatic heterocycles. The average molecular weight is 273 g/mol. The standard InChI is InChI=1S/C11H7Cl2FN2O/c12-8-3-1-7(2-4-8)6-17-10-9(14)5-15-11(13)16-10/h1-5H,6H2. The first kappa shape index (κ1) is 12.1. The summed E-state index contributed by atoms with van der Waals surface area (Å²) < 4.78 is 18.4. The fourth-order valence-electron chi connectivity index (χ4n) is 1.16. The molecule has 6 heteroatoms. The van der Waals surface area contributed by atoms with Gasteiger partial charge in [0.05, 0.1) is 6.20 Å². The minimum atomic E-state index is -0.650. The van der Waals surface area contributed by atoms with Crippen molar-refractivity contribution in [3.63, 3.8) is 0 Å². The zero-order chi connectivity index (χ0) is 12.3. The third-order valence-corrected chi connectivity index (χ3v) is 2.41. The largest absolute Gasteiger partial charge is 0.471 e. The summed E-state index contributed by atoms with van der Waals surface area (Å²) in [6.45, 7) is 0.182. The highest BCUT2D eigenvalue weighted by Gasteiger charge is 2.07. The van der Waals surface area contributed by atoms with E-state index >= 15 is 0 Å². The van der Waals surface area contributed by atoms with Crippen LogP contribution in [0.5, 0.6) is 5.88 Å². The maximum atomic E-state index is 13.2. The number of hydrogen-bond acceptors (Lipinski definition) is 3. The zero-order valence-electron chi connectivity index (χ0n) is 8.53. The summed E-state index contributed by atoms with van der Waals surface area (Å²) in [6.07, 6.45) is 0.965. The highest BCUT2D eigenvalue weighted by Crippen LogP contribution is 2.17. The smallest absolute Gasteiger partial charge is 0.255 e. The number of halogens is 3. The van der Waals surface area contributed by atoms with E-state index in [2.05, 4.69) is 9.97 Å². The quantitative estimate of drug-likeness (QED) is 0.803. The SMILES string of the molecule is Fc1cnc(Cl)nc1OCc1ccc(Cl)cc1. The number of ether oxygens (including phenoxy) is 1. The Morgan fingerprint density at radius 3 is 2.59 bits per heavy atom. The highest BCUT2D eigenvalue weighted by molar-refractivity contribution is 6.30. The van der Waals surface area contributed by atoms with E-state index in [1.165, 1.54) is 0 Å². The number of rotatable bonds is 3. The van der Waals surface area contributed by atoms with Gasteiger partial charge in [0.25, 0.3) is 5.88 Å². The van der Waals surface area contributed by atoms with Crippen molar-refractivity contribution in [2.75, 3.05) is 0 Å². The number of nitrogens with zero attached hydrogens (tertiary/aromatic N) is 2. The third-order valence-electron chi connectivity index (χ3n) is 1.97. The monoisotopic (exact) mass is 272 g/mol. The van der Waals surface area contributed by atoms with Crippen molar-refractivity contribution >= 4 is 23.2 Å². The summed E-state index contributed by atoms with van der Waals surface area (Å²) in [7, 11) is 0. The third kappa shape index (κ3) is 3.28. The molecule has 17 heavy (non-hydrogen) atoms. The first-order valence-electron chi connectivity index (χ1n) is 4.70. The molecule has 0 saturated heterocycles. The molecule has 0 fully saturated rings. The summed E-state index contributed by atoms with van der Waals surface area (Å²) in [4.78, 5) is 7.12. The van der Waals surface area contributed by atoms with E-state index in [-0.39, 0.29) is 17.8 Å². The molecule has 0 bridgehead atoms. The van der Waals surface area contributed by atoms with Crippen LogP contribution < -0.4 is 4.74 Å². The summed E-state index contributed by atoms with van der Waals surface area (Å²) in [5.74, 6) is -0.816. The van der Waals surface area contributed by atoms with Crippen molar-refractivity contribution in [3.05, 3.63) is 52.1 Å². The van der Waals surface area contributed by atoms with Gasteiger partial charge in [-0.2, -0.15) is 9.37 Å². The van der Waals surface area contributed by atoms with E-state index in [1.807, 2.05) is 0 Å². The molecule has 0 radical (unpaired) electrons. The van der Waals surface area contributed by atoms with Crippen LogP contribution in [0.15, 0.2) is 30.5 Å². The van der Waals surface area contributed by atoms with Gasteiger partial charge in [-0.3, -0.25) is 0 Å². The molecule has 1 heterocycles. The molecule has 3 nitrogen and oxygen atoms in total. The van der Waals surface area contributed by atoms with Crippen LogP contribution in [0.2, 0.25) is 10.3 Å².